The van der Waals surface area contributed by atoms with Crippen molar-refractivity contribution in [3.63, 3.8) is 0 Å². The zero-order valence-electron chi connectivity index (χ0n) is 19.4. The lowest BCUT2D eigenvalue weighted by atomic mass is 10.0. The maximum absolute atomic E-state index is 12.7. The van der Waals surface area contributed by atoms with E-state index in [9.17, 15) is 14.4 Å². The maximum atomic E-state index is 12.7. The summed E-state index contributed by atoms with van der Waals surface area (Å²) < 4.78 is 10.6. The number of carbonyl (C=O) groups excluding carboxylic acids is 3. The zero-order chi connectivity index (χ0) is 25.3. The van der Waals surface area contributed by atoms with Gasteiger partial charge in [0.25, 0.3) is 11.8 Å². The van der Waals surface area contributed by atoms with Gasteiger partial charge in [0.15, 0.2) is 0 Å². The molecule has 0 spiro atoms. The number of esters is 1. The summed E-state index contributed by atoms with van der Waals surface area (Å²) in [6.45, 7) is -0.231. The minimum absolute atomic E-state index is 0.231. The Kier molecular flexibility index (Phi) is 7.67. The summed E-state index contributed by atoms with van der Waals surface area (Å²) in [7, 11) is 1.54. The lowest BCUT2D eigenvalue weighted by Crippen LogP contribution is -2.34. The quantitative estimate of drug-likeness (QED) is 0.172. The fraction of sp³-hybridized carbons (Fsp3) is 0.0714. The van der Waals surface area contributed by atoms with Gasteiger partial charge in [-0.3, -0.25) is 9.59 Å². The Morgan fingerprint density at radius 1 is 0.833 bits per heavy atom. The van der Waals surface area contributed by atoms with Gasteiger partial charge in [-0.2, -0.15) is 5.10 Å². The van der Waals surface area contributed by atoms with Gasteiger partial charge >= 0.3 is 5.97 Å². The minimum Gasteiger partial charge on any atom is -0.497 e. The van der Waals surface area contributed by atoms with Gasteiger partial charge in [-0.1, -0.05) is 36.4 Å². The van der Waals surface area contributed by atoms with Gasteiger partial charge in [0.2, 0.25) is 0 Å². The van der Waals surface area contributed by atoms with Crippen molar-refractivity contribution in [1.82, 2.24) is 10.7 Å². The predicted octanol–water partition coefficient (Wildman–Crippen LogP) is 3.95. The number of ether oxygens (including phenoxy) is 2. The normalized spacial score (nSPS) is 10.7. The number of carbonyl (C=O) groups is 3. The van der Waals surface area contributed by atoms with Crippen LogP contribution >= 0.6 is 0 Å². The Hall–Kier alpha value is -4.98. The van der Waals surface area contributed by atoms with Crippen LogP contribution in [0, 0.1) is 0 Å². The topological polar surface area (TPSA) is 106 Å². The molecule has 180 valence electrons. The molecule has 0 unspecified atom stereocenters. The molecule has 4 aromatic carbocycles. The van der Waals surface area contributed by atoms with Gasteiger partial charge in [0.05, 0.1) is 25.4 Å². The molecule has 0 bridgehead atoms. The number of nitrogens with one attached hydrogen (secondary N) is 2. The van der Waals surface area contributed by atoms with Gasteiger partial charge in [-0.15, -0.1) is 0 Å². The summed E-state index contributed by atoms with van der Waals surface area (Å²) >= 11 is 0. The molecule has 0 atom stereocenters. The summed E-state index contributed by atoms with van der Waals surface area (Å²) in [6, 6.07) is 26.3. The lowest BCUT2D eigenvalue weighted by molar-refractivity contribution is -0.120. The summed E-state index contributed by atoms with van der Waals surface area (Å²) in [5.74, 6) is -0.290. The van der Waals surface area contributed by atoms with Crippen LogP contribution in [0.25, 0.3) is 10.8 Å². The molecule has 0 saturated heterocycles. The molecule has 4 aromatic rings. The van der Waals surface area contributed by atoms with Crippen molar-refractivity contribution in [2.45, 2.75) is 0 Å². The first kappa shape index (κ1) is 24.2. The highest BCUT2D eigenvalue weighted by atomic mass is 16.5. The zero-order valence-corrected chi connectivity index (χ0v) is 19.4. The molecule has 0 aliphatic heterocycles. The first-order valence-corrected chi connectivity index (χ1v) is 11.1. The third-order valence-electron chi connectivity index (χ3n) is 5.26. The molecule has 8 nitrogen and oxygen atoms in total. The molecular weight excluding hydrogens is 458 g/mol. The number of fused-ring (bicyclic) bond motifs is 1. The molecule has 0 aliphatic carbocycles. The molecule has 2 amide bonds. The second-order valence-electron chi connectivity index (χ2n) is 7.69. The summed E-state index contributed by atoms with van der Waals surface area (Å²) in [5, 5.41) is 8.19. The Morgan fingerprint density at radius 3 is 2.28 bits per heavy atom. The Morgan fingerprint density at radius 2 is 1.53 bits per heavy atom. The number of nitrogens with zero attached hydrogens (tertiary/aromatic N) is 1. The van der Waals surface area contributed by atoms with E-state index in [0.717, 1.165) is 10.8 Å². The standard InChI is InChI=1S/C28H23N3O5/c1-35-22-15-11-21(12-16-22)27(33)29-18-26(32)31-30-17-19-9-13-23(14-10-19)36-28(34)25-8-4-6-20-5-2-3-7-24(20)25/h2-17H,18H2,1H3,(H,29,33)(H,31,32). The van der Waals surface area contributed by atoms with Crippen molar-refractivity contribution in [3.8, 4) is 11.5 Å². The van der Waals surface area contributed by atoms with E-state index in [-0.39, 0.29) is 12.5 Å². The van der Waals surface area contributed by atoms with Crippen LogP contribution in [0.15, 0.2) is 96.1 Å². The summed E-state index contributed by atoms with van der Waals surface area (Å²) in [5.41, 5.74) is 3.93. The Labute approximate surface area is 207 Å². The monoisotopic (exact) mass is 481 g/mol. The molecule has 0 fully saturated rings. The third kappa shape index (κ3) is 6.12. The molecule has 0 radical (unpaired) electrons. The smallest absolute Gasteiger partial charge is 0.344 e. The van der Waals surface area contributed by atoms with E-state index in [2.05, 4.69) is 15.8 Å². The average molecular weight is 482 g/mol. The number of methoxy groups -OCH3 is 1. The van der Waals surface area contributed by atoms with E-state index >= 15 is 0 Å². The van der Waals surface area contributed by atoms with E-state index in [1.165, 1.54) is 13.3 Å². The van der Waals surface area contributed by atoms with Crippen LogP contribution in [0.1, 0.15) is 26.3 Å². The number of rotatable bonds is 8. The molecule has 4 rings (SSSR count). The number of hydrazone groups is 1. The van der Waals surface area contributed by atoms with E-state index in [1.807, 2.05) is 36.4 Å². The van der Waals surface area contributed by atoms with Crippen molar-refractivity contribution < 1.29 is 23.9 Å². The molecule has 0 heterocycles. The molecule has 0 saturated carbocycles. The first-order valence-electron chi connectivity index (χ1n) is 11.1. The highest BCUT2D eigenvalue weighted by Crippen LogP contribution is 2.21. The number of hydrogen-bond acceptors (Lipinski definition) is 6. The molecule has 2 N–H and O–H groups in total. The van der Waals surface area contributed by atoms with Crippen LogP contribution < -0.4 is 20.2 Å². The van der Waals surface area contributed by atoms with Crippen LogP contribution in [0.5, 0.6) is 11.5 Å². The number of benzene rings is 4. The van der Waals surface area contributed by atoms with Crippen molar-refractivity contribution in [2.75, 3.05) is 13.7 Å². The SMILES string of the molecule is COc1ccc(C(=O)NCC(=O)NN=Cc2ccc(OC(=O)c3cccc4ccccc34)cc2)cc1. The van der Waals surface area contributed by atoms with Crippen molar-refractivity contribution in [3.05, 3.63) is 108 Å². The summed E-state index contributed by atoms with van der Waals surface area (Å²) in [6.07, 6.45) is 1.44. The van der Waals surface area contributed by atoms with E-state index < -0.39 is 11.9 Å². The lowest BCUT2D eigenvalue weighted by Gasteiger charge is -2.07. The van der Waals surface area contributed by atoms with Gasteiger partial charge in [-0.25, -0.2) is 10.2 Å². The van der Waals surface area contributed by atoms with Crippen LogP contribution in [-0.4, -0.2) is 37.7 Å². The van der Waals surface area contributed by atoms with Crippen LogP contribution in [-0.2, 0) is 4.79 Å². The molecule has 0 aromatic heterocycles. The Bertz CT molecular complexity index is 1410. The van der Waals surface area contributed by atoms with E-state index in [1.54, 1.807) is 54.6 Å². The molecule has 36 heavy (non-hydrogen) atoms. The number of hydrogen-bond donors (Lipinski definition) is 2. The van der Waals surface area contributed by atoms with E-state index in [0.29, 0.717) is 28.2 Å². The van der Waals surface area contributed by atoms with Gasteiger partial charge < -0.3 is 14.8 Å². The first-order chi connectivity index (χ1) is 17.5. The summed E-state index contributed by atoms with van der Waals surface area (Å²) in [4.78, 5) is 36.7. The van der Waals surface area contributed by atoms with Crippen LogP contribution in [0.3, 0.4) is 0 Å². The average Bonchev–Trinajstić information content (AvgIpc) is 2.92. The Balaban J connectivity index is 1.26. The van der Waals surface area contributed by atoms with Crippen LogP contribution in [0.4, 0.5) is 0 Å². The van der Waals surface area contributed by atoms with E-state index in [4.69, 9.17) is 9.47 Å². The highest BCUT2D eigenvalue weighted by Gasteiger charge is 2.12. The van der Waals surface area contributed by atoms with Crippen molar-refractivity contribution >= 4 is 34.8 Å². The van der Waals surface area contributed by atoms with Crippen LogP contribution in [0.2, 0.25) is 0 Å². The van der Waals surface area contributed by atoms with Crippen molar-refractivity contribution in [1.29, 1.82) is 0 Å². The van der Waals surface area contributed by atoms with Crippen molar-refractivity contribution in [2.24, 2.45) is 5.10 Å². The highest BCUT2D eigenvalue weighted by molar-refractivity contribution is 6.05. The number of amides is 2. The van der Waals surface area contributed by atoms with Gasteiger partial charge in [-0.05, 0) is 70.9 Å². The second-order valence-corrected chi connectivity index (χ2v) is 7.69. The second kappa shape index (κ2) is 11.4. The predicted molar refractivity (Wildman–Crippen MR) is 136 cm³/mol. The molecular formula is C28H23N3O5. The fourth-order valence-electron chi connectivity index (χ4n) is 3.41. The third-order valence-corrected chi connectivity index (χ3v) is 5.26. The van der Waals surface area contributed by atoms with Gasteiger partial charge in [0.1, 0.15) is 11.5 Å². The fourth-order valence-corrected chi connectivity index (χ4v) is 3.41. The minimum atomic E-state index is -0.478. The molecule has 0 aliphatic rings. The maximum Gasteiger partial charge on any atom is 0.344 e. The van der Waals surface area contributed by atoms with Gasteiger partial charge in [0, 0.05) is 5.56 Å². The molecule has 8 heteroatoms. The largest absolute Gasteiger partial charge is 0.497 e.